The lowest BCUT2D eigenvalue weighted by atomic mass is 10.3. The van der Waals surface area contributed by atoms with E-state index < -0.39 is 0 Å². The SMILES string of the molecule is ClNC[C@H]1COCCO1. The Balaban J connectivity index is 2.08. The first-order valence-electron chi connectivity index (χ1n) is 2.96. The van der Waals surface area contributed by atoms with E-state index in [4.69, 9.17) is 21.3 Å². The van der Waals surface area contributed by atoms with E-state index in [9.17, 15) is 0 Å². The number of hydrogen-bond donors (Lipinski definition) is 1. The summed E-state index contributed by atoms with van der Waals surface area (Å²) >= 11 is 5.25. The van der Waals surface area contributed by atoms with Crippen molar-refractivity contribution in [2.24, 2.45) is 0 Å². The molecule has 1 N–H and O–H groups in total. The Hall–Kier alpha value is 0.170. The number of halogens is 1. The van der Waals surface area contributed by atoms with Gasteiger partial charge in [-0.1, -0.05) is 0 Å². The first-order valence-corrected chi connectivity index (χ1v) is 3.34. The van der Waals surface area contributed by atoms with E-state index in [-0.39, 0.29) is 6.10 Å². The van der Waals surface area contributed by atoms with Gasteiger partial charge in [-0.05, 0) is 11.8 Å². The van der Waals surface area contributed by atoms with Crippen molar-refractivity contribution in [2.45, 2.75) is 6.10 Å². The van der Waals surface area contributed by atoms with Gasteiger partial charge in [0.05, 0.1) is 25.9 Å². The number of rotatable bonds is 2. The van der Waals surface area contributed by atoms with E-state index in [0.29, 0.717) is 26.4 Å². The third-order valence-electron chi connectivity index (χ3n) is 1.19. The van der Waals surface area contributed by atoms with Gasteiger partial charge in [-0.3, -0.25) is 0 Å². The van der Waals surface area contributed by atoms with Crippen LogP contribution in [0.3, 0.4) is 0 Å². The van der Waals surface area contributed by atoms with Crippen LogP contribution in [-0.4, -0.2) is 32.5 Å². The molecular formula is C5H10ClNO2. The van der Waals surface area contributed by atoms with Crippen LogP contribution in [0.4, 0.5) is 0 Å². The van der Waals surface area contributed by atoms with Gasteiger partial charge in [0.15, 0.2) is 0 Å². The molecule has 1 rings (SSSR count). The van der Waals surface area contributed by atoms with Crippen molar-refractivity contribution in [3.63, 3.8) is 0 Å². The van der Waals surface area contributed by atoms with Gasteiger partial charge in [0.1, 0.15) is 0 Å². The summed E-state index contributed by atoms with van der Waals surface area (Å²) in [5.74, 6) is 0. The molecule has 0 spiro atoms. The Kier molecular flexibility index (Phi) is 3.28. The van der Waals surface area contributed by atoms with E-state index in [2.05, 4.69) is 4.84 Å². The quantitative estimate of drug-likeness (QED) is 0.570. The van der Waals surface area contributed by atoms with Crippen LogP contribution in [0, 0.1) is 0 Å². The van der Waals surface area contributed by atoms with Crippen LogP contribution < -0.4 is 4.84 Å². The maximum atomic E-state index is 5.25. The summed E-state index contributed by atoms with van der Waals surface area (Å²) in [7, 11) is 0. The van der Waals surface area contributed by atoms with Gasteiger partial charge < -0.3 is 9.47 Å². The summed E-state index contributed by atoms with van der Waals surface area (Å²) in [6.07, 6.45) is 0.135. The molecule has 0 amide bonds. The average Bonchev–Trinajstić information content (AvgIpc) is 1.91. The predicted octanol–water partition coefficient (Wildman–Crippen LogP) is 0.145. The van der Waals surface area contributed by atoms with Gasteiger partial charge in [0.25, 0.3) is 0 Å². The zero-order chi connectivity index (χ0) is 6.53. The largest absolute Gasteiger partial charge is 0.376 e. The van der Waals surface area contributed by atoms with Crippen molar-refractivity contribution in [1.29, 1.82) is 0 Å². The normalized spacial score (nSPS) is 28.3. The summed E-state index contributed by atoms with van der Waals surface area (Å²) < 4.78 is 10.4. The van der Waals surface area contributed by atoms with Crippen LogP contribution in [0.1, 0.15) is 0 Å². The molecule has 0 aliphatic carbocycles. The molecule has 0 unspecified atom stereocenters. The van der Waals surface area contributed by atoms with Gasteiger partial charge in [-0.25, -0.2) is 4.84 Å². The van der Waals surface area contributed by atoms with E-state index in [1.807, 2.05) is 0 Å². The molecule has 0 aromatic heterocycles. The monoisotopic (exact) mass is 151 g/mol. The van der Waals surface area contributed by atoms with E-state index in [0.717, 1.165) is 0 Å². The van der Waals surface area contributed by atoms with Crippen LogP contribution in [0.5, 0.6) is 0 Å². The Morgan fingerprint density at radius 2 is 2.44 bits per heavy atom. The first-order chi connectivity index (χ1) is 4.43. The topological polar surface area (TPSA) is 30.5 Å². The lowest BCUT2D eigenvalue weighted by Gasteiger charge is -2.21. The van der Waals surface area contributed by atoms with E-state index in [1.165, 1.54) is 0 Å². The van der Waals surface area contributed by atoms with E-state index in [1.54, 1.807) is 0 Å². The number of ether oxygens (including phenoxy) is 2. The van der Waals surface area contributed by atoms with Gasteiger partial charge in [0.2, 0.25) is 0 Å². The molecule has 0 radical (unpaired) electrons. The third kappa shape index (κ3) is 2.49. The van der Waals surface area contributed by atoms with Gasteiger partial charge in [0, 0.05) is 6.54 Å². The fourth-order valence-electron chi connectivity index (χ4n) is 0.740. The third-order valence-corrected chi connectivity index (χ3v) is 1.34. The minimum atomic E-state index is 0.135. The van der Waals surface area contributed by atoms with Crippen molar-refractivity contribution in [3.05, 3.63) is 0 Å². The highest BCUT2D eigenvalue weighted by atomic mass is 35.5. The molecule has 1 saturated heterocycles. The Labute approximate surface area is 59.4 Å². The Bertz CT molecular complexity index is 72.6. The molecule has 9 heavy (non-hydrogen) atoms. The molecule has 0 aromatic rings. The molecule has 1 atom stereocenters. The minimum absolute atomic E-state index is 0.135. The van der Waals surface area contributed by atoms with Crippen LogP contribution in [0.2, 0.25) is 0 Å². The molecule has 1 heterocycles. The summed E-state index contributed by atoms with van der Waals surface area (Å²) in [6, 6.07) is 0. The van der Waals surface area contributed by atoms with Crippen LogP contribution in [0.25, 0.3) is 0 Å². The van der Waals surface area contributed by atoms with Crippen molar-refractivity contribution in [2.75, 3.05) is 26.4 Å². The number of nitrogens with one attached hydrogen (secondary N) is 1. The van der Waals surface area contributed by atoms with Gasteiger partial charge >= 0.3 is 0 Å². The zero-order valence-corrected chi connectivity index (χ0v) is 5.86. The highest BCUT2D eigenvalue weighted by molar-refractivity contribution is 6.13. The maximum absolute atomic E-state index is 5.25. The lowest BCUT2D eigenvalue weighted by Crippen LogP contribution is -2.34. The van der Waals surface area contributed by atoms with Crippen LogP contribution in [-0.2, 0) is 9.47 Å². The molecule has 3 nitrogen and oxygen atoms in total. The molecule has 1 fully saturated rings. The van der Waals surface area contributed by atoms with Crippen molar-refractivity contribution < 1.29 is 9.47 Å². The molecule has 1 aliphatic rings. The zero-order valence-electron chi connectivity index (χ0n) is 5.10. The number of hydrogen-bond acceptors (Lipinski definition) is 3. The summed E-state index contributed by atoms with van der Waals surface area (Å²) in [5, 5.41) is 0. The van der Waals surface area contributed by atoms with Crippen molar-refractivity contribution >= 4 is 11.8 Å². The van der Waals surface area contributed by atoms with E-state index >= 15 is 0 Å². The minimum Gasteiger partial charge on any atom is -0.376 e. The molecule has 0 bridgehead atoms. The Morgan fingerprint density at radius 1 is 1.56 bits per heavy atom. The predicted molar refractivity (Wildman–Crippen MR) is 34.4 cm³/mol. The summed E-state index contributed by atoms with van der Waals surface area (Å²) in [4.78, 5) is 2.50. The second-order valence-corrected chi connectivity index (χ2v) is 2.17. The van der Waals surface area contributed by atoms with Crippen molar-refractivity contribution in [3.8, 4) is 0 Å². The fourth-order valence-corrected chi connectivity index (χ4v) is 0.913. The second-order valence-electron chi connectivity index (χ2n) is 1.91. The standard InChI is InChI=1S/C5H10ClNO2/c6-7-3-5-4-8-1-2-9-5/h5,7H,1-4H2/t5-/m0/s1. The van der Waals surface area contributed by atoms with Gasteiger partial charge in [-0.15, -0.1) is 0 Å². The van der Waals surface area contributed by atoms with Crippen molar-refractivity contribution in [1.82, 2.24) is 4.84 Å². The highest BCUT2D eigenvalue weighted by Gasteiger charge is 2.12. The average molecular weight is 152 g/mol. The molecule has 0 saturated carbocycles. The molecule has 1 aliphatic heterocycles. The second kappa shape index (κ2) is 4.06. The van der Waals surface area contributed by atoms with Crippen LogP contribution >= 0.6 is 11.8 Å². The summed E-state index contributed by atoms with van der Waals surface area (Å²) in [6.45, 7) is 2.70. The molecule has 4 heteroatoms. The lowest BCUT2D eigenvalue weighted by molar-refractivity contribution is -0.0846. The first kappa shape index (κ1) is 7.28. The smallest absolute Gasteiger partial charge is 0.0946 e. The maximum Gasteiger partial charge on any atom is 0.0946 e. The molecule has 54 valence electrons. The molecular weight excluding hydrogens is 142 g/mol. The van der Waals surface area contributed by atoms with Crippen LogP contribution in [0.15, 0.2) is 0 Å². The highest BCUT2D eigenvalue weighted by Crippen LogP contribution is 1.98. The Morgan fingerprint density at radius 3 is 3.00 bits per heavy atom. The summed E-state index contributed by atoms with van der Waals surface area (Å²) in [5.41, 5.74) is 0. The molecule has 0 aromatic carbocycles. The van der Waals surface area contributed by atoms with Gasteiger partial charge in [-0.2, -0.15) is 0 Å². The fraction of sp³-hybridized carbons (Fsp3) is 1.00.